The van der Waals surface area contributed by atoms with E-state index in [-0.39, 0.29) is 0 Å². The molecule has 7 heteroatoms. The number of ether oxygens (including phenoxy) is 1. The van der Waals surface area contributed by atoms with Gasteiger partial charge in [-0.1, -0.05) is 20.8 Å². The molecule has 164 valence electrons. The molecule has 2 atom stereocenters. The summed E-state index contributed by atoms with van der Waals surface area (Å²) in [7, 11) is 4.08. The van der Waals surface area contributed by atoms with Crippen LogP contribution >= 0.6 is 0 Å². The zero-order valence-corrected chi connectivity index (χ0v) is 18.9. The van der Waals surface area contributed by atoms with Crippen molar-refractivity contribution in [1.82, 2.24) is 25.3 Å². The molecule has 2 N–H and O–H groups in total. The number of morpholine rings is 1. The second-order valence-electron chi connectivity index (χ2n) is 8.97. The number of aliphatic imine (C=N–C) groups is 1. The highest BCUT2D eigenvalue weighted by Crippen LogP contribution is 2.13. The summed E-state index contributed by atoms with van der Waals surface area (Å²) in [5, 5.41) is 7.11. The molecule has 0 saturated carbocycles. The lowest BCUT2D eigenvalue weighted by Crippen LogP contribution is -2.51. The number of nitrogens with zero attached hydrogens (tertiary/aromatic N) is 4. The van der Waals surface area contributed by atoms with E-state index in [0.717, 1.165) is 51.9 Å². The monoisotopic (exact) mass is 396 g/mol. The van der Waals surface area contributed by atoms with Crippen LogP contribution in [-0.4, -0.2) is 113 Å². The van der Waals surface area contributed by atoms with Crippen LogP contribution in [0.15, 0.2) is 4.99 Å². The molecule has 2 rings (SSSR count). The lowest BCUT2D eigenvalue weighted by molar-refractivity contribution is 0.0132. The Kier molecular flexibility index (Phi) is 10.5. The van der Waals surface area contributed by atoms with Crippen molar-refractivity contribution in [3.8, 4) is 0 Å². The van der Waals surface area contributed by atoms with Gasteiger partial charge in [-0.3, -0.25) is 9.89 Å². The first-order valence-electron chi connectivity index (χ1n) is 11.1. The van der Waals surface area contributed by atoms with E-state index in [0.29, 0.717) is 17.9 Å². The molecule has 2 aliphatic rings. The summed E-state index contributed by atoms with van der Waals surface area (Å²) in [5.41, 5.74) is 0. The molecule has 0 aromatic carbocycles. The first-order chi connectivity index (χ1) is 13.5. The molecule has 0 aliphatic carbocycles. The third kappa shape index (κ3) is 8.64. The van der Waals surface area contributed by atoms with Crippen molar-refractivity contribution in [2.45, 2.75) is 33.2 Å². The van der Waals surface area contributed by atoms with Crippen LogP contribution in [0.5, 0.6) is 0 Å². The van der Waals surface area contributed by atoms with Gasteiger partial charge in [-0.2, -0.15) is 0 Å². The van der Waals surface area contributed by atoms with Crippen molar-refractivity contribution in [2.24, 2.45) is 16.8 Å². The molecular weight excluding hydrogens is 352 g/mol. The van der Waals surface area contributed by atoms with Crippen molar-refractivity contribution in [3.05, 3.63) is 0 Å². The van der Waals surface area contributed by atoms with Crippen molar-refractivity contribution in [1.29, 1.82) is 0 Å². The van der Waals surface area contributed by atoms with Crippen LogP contribution in [0.3, 0.4) is 0 Å². The van der Waals surface area contributed by atoms with E-state index in [1.54, 1.807) is 0 Å². The Balaban J connectivity index is 1.72. The first-order valence-corrected chi connectivity index (χ1v) is 11.1. The minimum atomic E-state index is 0.533. The summed E-state index contributed by atoms with van der Waals surface area (Å²) >= 11 is 0. The average Bonchev–Trinajstić information content (AvgIpc) is 2.69. The van der Waals surface area contributed by atoms with E-state index >= 15 is 0 Å². The third-order valence-corrected chi connectivity index (χ3v) is 5.82. The van der Waals surface area contributed by atoms with Gasteiger partial charge in [-0.15, -0.1) is 0 Å². The molecule has 0 bridgehead atoms. The van der Waals surface area contributed by atoms with E-state index in [1.807, 2.05) is 7.05 Å². The maximum Gasteiger partial charge on any atom is 0.191 e. The summed E-state index contributed by atoms with van der Waals surface area (Å²) in [4.78, 5) is 12.0. The van der Waals surface area contributed by atoms with E-state index in [2.05, 4.69) is 58.1 Å². The highest BCUT2D eigenvalue weighted by molar-refractivity contribution is 5.79. The number of nitrogens with one attached hydrogen (secondary N) is 2. The summed E-state index contributed by atoms with van der Waals surface area (Å²) in [6, 6.07) is 0.533. The van der Waals surface area contributed by atoms with Crippen LogP contribution in [-0.2, 0) is 4.74 Å². The molecule has 2 aliphatic heterocycles. The minimum Gasteiger partial charge on any atom is -0.379 e. The van der Waals surface area contributed by atoms with Gasteiger partial charge in [0.05, 0.1) is 13.2 Å². The number of likely N-dealkylation sites (N-methyl/N-ethyl adjacent to an activating group) is 1. The van der Waals surface area contributed by atoms with E-state index < -0.39 is 0 Å². The topological polar surface area (TPSA) is 55.4 Å². The van der Waals surface area contributed by atoms with Crippen LogP contribution < -0.4 is 10.6 Å². The van der Waals surface area contributed by atoms with Gasteiger partial charge in [0, 0.05) is 72.0 Å². The molecule has 2 heterocycles. The second-order valence-corrected chi connectivity index (χ2v) is 8.97. The largest absolute Gasteiger partial charge is 0.379 e. The van der Waals surface area contributed by atoms with E-state index in [1.165, 1.54) is 32.6 Å². The van der Waals surface area contributed by atoms with Gasteiger partial charge in [-0.05, 0) is 25.3 Å². The average molecular weight is 397 g/mol. The zero-order chi connectivity index (χ0) is 20.4. The van der Waals surface area contributed by atoms with Crippen LogP contribution in [0.25, 0.3) is 0 Å². The molecular formula is C21H44N6O. The Morgan fingerprint density at radius 3 is 2.21 bits per heavy atom. The zero-order valence-electron chi connectivity index (χ0n) is 18.9. The van der Waals surface area contributed by atoms with Gasteiger partial charge in [-0.25, -0.2) is 0 Å². The highest BCUT2D eigenvalue weighted by Gasteiger charge is 2.22. The lowest BCUT2D eigenvalue weighted by Gasteiger charge is -2.36. The number of rotatable bonds is 9. The Labute approximate surface area is 172 Å². The van der Waals surface area contributed by atoms with Crippen molar-refractivity contribution < 1.29 is 4.74 Å². The molecule has 2 saturated heterocycles. The number of piperazine rings is 1. The van der Waals surface area contributed by atoms with Crippen LogP contribution in [0.2, 0.25) is 0 Å². The summed E-state index contributed by atoms with van der Waals surface area (Å²) in [6.07, 6.45) is 1.20. The molecule has 2 fully saturated rings. The maximum absolute atomic E-state index is 5.53. The third-order valence-electron chi connectivity index (χ3n) is 5.82. The van der Waals surface area contributed by atoms with Crippen LogP contribution in [0, 0.1) is 11.8 Å². The van der Waals surface area contributed by atoms with Crippen molar-refractivity contribution in [3.63, 3.8) is 0 Å². The molecule has 0 amide bonds. The van der Waals surface area contributed by atoms with Crippen molar-refractivity contribution >= 4 is 5.96 Å². The number of guanidine groups is 1. The molecule has 2 unspecified atom stereocenters. The van der Waals surface area contributed by atoms with Gasteiger partial charge in [0.15, 0.2) is 5.96 Å². The Morgan fingerprint density at radius 1 is 0.964 bits per heavy atom. The standard InChI is InChI=1S/C21H44N6O/c1-18(2)14-20(27-10-12-28-13-11-27)16-24-21(22-4)23-15-19(3)17-26-8-6-25(5)7-9-26/h18-20H,6-17H2,1-5H3,(H2,22,23,24). The van der Waals surface area contributed by atoms with Gasteiger partial charge < -0.3 is 25.2 Å². The second kappa shape index (κ2) is 12.6. The molecule has 0 radical (unpaired) electrons. The summed E-state index contributed by atoms with van der Waals surface area (Å²) < 4.78 is 5.53. The molecule has 0 spiro atoms. The summed E-state index contributed by atoms with van der Waals surface area (Å²) in [6.45, 7) is 18.5. The Bertz CT molecular complexity index is 444. The lowest BCUT2D eigenvalue weighted by atomic mass is 10.0. The fourth-order valence-electron chi connectivity index (χ4n) is 4.09. The molecule has 0 aromatic rings. The predicted octanol–water partition coefficient (Wildman–Crippen LogP) is 0.782. The first kappa shape index (κ1) is 23.4. The van der Waals surface area contributed by atoms with Crippen LogP contribution in [0.1, 0.15) is 27.2 Å². The molecule has 0 aromatic heterocycles. The molecule has 7 nitrogen and oxygen atoms in total. The minimum absolute atomic E-state index is 0.533. The molecule has 28 heavy (non-hydrogen) atoms. The van der Waals surface area contributed by atoms with Gasteiger partial charge >= 0.3 is 0 Å². The van der Waals surface area contributed by atoms with E-state index in [4.69, 9.17) is 4.74 Å². The maximum atomic E-state index is 5.53. The van der Waals surface area contributed by atoms with Gasteiger partial charge in [0.25, 0.3) is 0 Å². The Hall–Kier alpha value is -0.890. The van der Waals surface area contributed by atoms with Crippen LogP contribution in [0.4, 0.5) is 0 Å². The number of hydrogen-bond donors (Lipinski definition) is 2. The SMILES string of the molecule is CN=C(NCC(C)CN1CCN(C)CC1)NCC(CC(C)C)N1CCOCC1. The van der Waals surface area contributed by atoms with Gasteiger partial charge in [0.2, 0.25) is 0 Å². The number of hydrogen-bond acceptors (Lipinski definition) is 5. The predicted molar refractivity (Wildman–Crippen MR) is 118 cm³/mol. The summed E-state index contributed by atoms with van der Waals surface area (Å²) in [5.74, 6) is 2.22. The van der Waals surface area contributed by atoms with Gasteiger partial charge in [0.1, 0.15) is 0 Å². The van der Waals surface area contributed by atoms with E-state index in [9.17, 15) is 0 Å². The Morgan fingerprint density at radius 2 is 1.61 bits per heavy atom. The highest BCUT2D eigenvalue weighted by atomic mass is 16.5. The normalized spacial score (nSPS) is 23.0. The quantitative estimate of drug-likeness (QED) is 0.444. The smallest absolute Gasteiger partial charge is 0.191 e. The fraction of sp³-hybridized carbons (Fsp3) is 0.952. The fourth-order valence-corrected chi connectivity index (χ4v) is 4.09. The van der Waals surface area contributed by atoms with Crippen molar-refractivity contribution in [2.75, 3.05) is 86.2 Å².